The number of furan rings is 1. The number of nitrogens with one attached hydrogen (secondary N) is 1. The lowest BCUT2D eigenvalue weighted by Crippen LogP contribution is -2.37. The molecule has 1 unspecified atom stereocenters. The first-order chi connectivity index (χ1) is 7.49. The molecule has 1 heterocycles. The van der Waals surface area contributed by atoms with Crippen molar-refractivity contribution in [1.82, 2.24) is 5.32 Å². The monoisotopic (exact) mass is 221 g/mol. The molecule has 0 aliphatic heterocycles. The summed E-state index contributed by atoms with van der Waals surface area (Å²) >= 11 is 0. The average Bonchev–Trinajstić information content (AvgIpc) is 2.66. The van der Waals surface area contributed by atoms with E-state index in [2.05, 4.69) is 25.2 Å². The summed E-state index contributed by atoms with van der Waals surface area (Å²) in [4.78, 5) is 0. The summed E-state index contributed by atoms with van der Waals surface area (Å²) in [6.07, 6.45) is 4.00. The molecule has 16 heavy (non-hydrogen) atoms. The highest BCUT2D eigenvalue weighted by Gasteiger charge is 2.33. The molecule has 0 aromatic carbocycles. The molecule has 1 aromatic rings. The van der Waals surface area contributed by atoms with Gasteiger partial charge in [-0.05, 0) is 38.2 Å². The lowest BCUT2D eigenvalue weighted by atomic mass is 9.87. The third kappa shape index (κ3) is 2.32. The Morgan fingerprint density at radius 2 is 2.19 bits per heavy atom. The van der Waals surface area contributed by atoms with Crippen LogP contribution in [0.15, 0.2) is 10.5 Å². The molecule has 1 N–H and O–H groups in total. The minimum Gasteiger partial charge on any atom is -0.466 e. The van der Waals surface area contributed by atoms with Crippen LogP contribution in [-0.2, 0) is 6.54 Å². The molecule has 2 nitrogen and oxygen atoms in total. The van der Waals surface area contributed by atoms with Crippen molar-refractivity contribution in [3.8, 4) is 0 Å². The molecule has 1 saturated carbocycles. The van der Waals surface area contributed by atoms with Gasteiger partial charge in [0, 0.05) is 18.2 Å². The van der Waals surface area contributed by atoms with Crippen molar-refractivity contribution in [2.45, 2.75) is 59.5 Å². The van der Waals surface area contributed by atoms with Crippen LogP contribution in [0, 0.1) is 19.3 Å². The number of rotatable bonds is 3. The fraction of sp³-hybridized carbons (Fsp3) is 0.714. The Hall–Kier alpha value is -0.760. The van der Waals surface area contributed by atoms with Crippen molar-refractivity contribution in [2.24, 2.45) is 5.41 Å². The van der Waals surface area contributed by atoms with Crippen LogP contribution in [0.3, 0.4) is 0 Å². The number of hydrogen-bond donors (Lipinski definition) is 1. The fourth-order valence-electron chi connectivity index (χ4n) is 2.80. The highest BCUT2D eigenvalue weighted by atomic mass is 16.3. The van der Waals surface area contributed by atoms with Crippen molar-refractivity contribution in [1.29, 1.82) is 0 Å². The minimum atomic E-state index is 0.451. The summed E-state index contributed by atoms with van der Waals surface area (Å²) in [5, 5.41) is 3.68. The van der Waals surface area contributed by atoms with Crippen LogP contribution >= 0.6 is 0 Å². The van der Waals surface area contributed by atoms with Crippen LogP contribution < -0.4 is 5.32 Å². The van der Waals surface area contributed by atoms with Gasteiger partial charge in [-0.3, -0.25) is 0 Å². The van der Waals surface area contributed by atoms with Crippen LogP contribution in [0.5, 0.6) is 0 Å². The quantitative estimate of drug-likeness (QED) is 0.844. The number of hydrogen-bond acceptors (Lipinski definition) is 2. The molecule has 1 fully saturated rings. The second-order valence-electron chi connectivity index (χ2n) is 5.75. The SMILES string of the molecule is Cc1cc(CNC2CCCC2(C)C)c(C)o1. The summed E-state index contributed by atoms with van der Waals surface area (Å²) in [7, 11) is 0. The van der Waals surface area contributed by atoms with Gasteiger partial charge in [0.2, 0.25) is 0 Å². The molecule has 0 radical (unpaired) electrons. The molecule has 1 aliphatic rings. The fourth-order valence-corrected chi connectivity index (χ4v) is 2.80. The lowest BCUT2D eigenvalue weighted by molar-refractivity contribution is 0.282. The van der Waals surface area contributed by atoms with E-state index >= 15 is 0 Å². The molecule has 1 aliphatic carbocycles. The first kappa shape index (κ1) is 11.7. The summed E-state index contributed by atoms with van der Waals surface area (Å²) in [5.74, 6) is 2.07. The van der Waals surface area contributed by atoms with E-state index in [1.165, 1.54) is 24.8 Å². The Balaban J connectivity index is 1.95. The van der Waals surface area contributed by atoms with Gasteiger partial charge in [-0.2, -0.15) is 0 Å². The highest BCUT2D eigenvalue weighted by molar-refractivity contribution is 5.20. The third-order valence-corrected chi connectivity index (χ3v) is 3.94. The van der Waals surface area contributed by atoms with Crippen LogP contribution in [0.4, 0.5) is 0 Å². The van der Waals surface area contributed by atoms with E-state index < -0.39 is 0 Å². The van der Waals surface area contributed by atoms with Crippen molar-refractivity contribution in [2.75, 3.05) is 0 Å². The topological polar surface area (TPSA) is 25.2 Å². The third-order valence-electron chi connectivity index (χ3n) is 3.94. The Bertz CT molecular complexity index is 365. The normalized spacial score (nSPS) is 23.9. The van der Waals surface area contributed by atoms with Gasteiger partial charge in [0.15, 0.2) is 0 Å². The molecular weight excluding hydrogens is 198 g/mol. The maximum Gasteiger partial charge on any atom is 0.105 e. The standard InChI is InChI=1S/C14H23NO/c1-10-8-12(11(2)16-10)9-15-13-6-5-7-14(13,3)4/h8,13,15H,5-7,9H2,1-4H3. The zero-order valence-electron chi connectivity index (χ0n) is 10.9. The van der Waals surface area contributed by atoms with Gasteiger partial charge in [0.05, 0.1) is 0 Å². The van der Waals surface area contributed by atoms with Crippen LogP contribution in [-0.4, -0.2) is 6.04 Å². The predicted molar refractivity (Wildman–Crippen MR) is 66.4 cm³/mol. The molecule has 0 bridgehead atoms. The second kappa shape index (κ2) is 4.25. The highest BCUT2D eigenvalue weighted by Crippen LogP contribution is 2.37. The van der Waals surface area contributed by atoms with Crippen LogP contribution in [0.2, 0.25) is 0 Å². The van der Waals surface area contributed by atoms with Crippen LogP contribution in [0.25, 0.3) is 0 Å². The summed E-state index contributed by atoms with van der Waals surface area (Å²) in [5.41, 5.74) is 1.76. The summed E-state index contributed by atoms with van der Waals surface area (Å²) in [6, 6.07) is 2.80. The zero-order chi connectivity index (χ0) is 11.8. The molecule has 0 saturated heterocycles. The Labute approximate surface area is 98.4 Å². The second-order valence-corrected chi connectivity index (χ2v) is 5.75. The number of aryl methyl sites for hydroxylation is 2. The summed E-state index contributed by atoms with van der Waals surface area (Å²) in [6.45, 7) is 9.73. The van der Waals surface area contributed by atoms with Gasteiger partial charge in [0.1, 0.15) is 11.5 Å². The van der Waals surface area contributed by atoms with Gasteiger partial charge in [0.25, 0.3) is 0 Å². The Morgan fingerprint density at radius 3 is 2.69 bits per heavy atom. The molecule has 0 amide bonds. The molecule has 2 heteroatoms. The minimum absolute atomic E-state index is 0.451. The molecule has 1 aromatic heterocycles. The first-order valence-electron chi connectivity index (χ1n) is 6.28. The van der Waals surface area contributed by atoms with Gasteiger partial charge in [-0.25, -0.2) is 0 Å². The molecule has 90 valence electrons. The van der Waals surface area contributed by atoms with Gasteiger partial charge in [-0.15, -0.1) is 0 Å². The van der Waals surface area contributed by atoms with Gasteiger partial charge >= 0.3 is 0 Å². The van der Waals surface area contributed by atoms with E-state index in [1.54, 1.807) is 0 Å². The smallest absolute Gasteiger partial charge is 0.105 e. The largest absolute Gasteiger partial charge is 0.466 e. The van der Waals surface area contributed by atoms with Crippen LogP contribution in [0.1, 0.15) is 50.2 Å². The predicted octanol–water partition coefficient (Wildman–Crippen LogP) is 3.56. The van der Waals surface area contributed by atoms with E-state index in [0.717, 1.165) is 18.1 Å². The van der Waals surface area contributed by atoms with Crippen molar-refractivity contribution < 1.29 is 4.42 Å². The Kier molecular flexibility index (Phi) is 3.11. The van der Waals surface area contributed by atoms with Crippen molar-refractivity contribution in [3.63, 3.8) is 0 Å². The van der Waals surface area contributed by atoms with Crippen molar-refractivity contribution in [3.05, 3.63) is 23.2 Å². The van der Waals surface area contributed by atoms with Crippen molar-refractivity contribution >= 4 is 0 Å². The molecule has 0 spiro atoms. The van der Waals surface area contributed by atoms with Gasteiger partial charge < -0.3 is 9.73 Å². The first-order valence-corrected chi connectivity index (χ1v) is 6.28. The molecular formula is C14H23NO. The Morgan fingerprint density at radius 1 is 1.44 bits per heavy atom. The van der Waals surface area contributed by atoms with E-state index in [4.69, 9.17) is 4.42 Å². The van der Waals surface area contributed by atoms with E-state index in [0.29, 0.717) is 11.5 Å². The maximum atomic E-state index is 5.54. The average molecular weight is 221 g/mol. The molecule has 2 rings (SSSR count). The van der Waals surface area contributed by atoms with E-state index in [1.807, 2.05) is 13.8 Å². The van der Waals surface area contributed by atoms with E-state index in [9.17, 15) is 0 Å². The zero-order valence-corrected chi connectivity index (χ0v) is 10.9. The van der Waals surface area contributed by atoms with E-state index in [-0.39, 0.29) is 0 Å². The lowest BCUT2D eigenvalue weighted by Gasteiger charge is -2.27. The molecule has 1 atom stereocenters. The maximum absolute atomic E-state index is 5.54. The summed E-state index contributed by atoms with van der Waals surface area (Å²) < 4.78 is 5.54. The van der Waals surface area contributed by atoms with Gasteiger partial charge in [-0.1, -0.05) is 20.3 Å².